The van der Waals surface area contributed by atoms with Crippen LogP contribution in [0.15, 0.2) is 42.5 Å². The van der Waals surface area contributed by atoms with Crippen LogP contribution in [0.1, 0.15) is 29.8 Å². The first-order valence-electron chi connectivity index (χ1n) is 7.24. The molecule has 1 fully saturated rings. The number of nitrogens with two attached hydrogens (primary N) is 1. The number of hydrogen-bond donors (Lipinski definition) is 1. The second kappa shape index (κ2) is 5.63. The Morgan fingerprint density at radius 3 is 2.50 bits per heavy atom. The van der Waals surface area contributed by atoms with Crippen molar-refractivity contribution < 1.29 is 0 Å². The molecule has 3 heteroatoms. The Labute approximate surface area is 120 Å². The summed E-state index contributed by atoms with van der Waals surface area (Å²) < 4.78 is 0. The van der Waals surface area contributed by atoms with Crippen molar-refractivity contribution in [3.63, 3.8) is 0 Å². The van der Waals surface area contributed by atoms with E-state index >= 15 is 0 Å². The Hall–Kier alpha value is -1.87. The zero-order valence-electron chi connectivity index (χ0n) is 11.9. The molecule has 20 heavy (non-hydrogen) atoms. The fourth-order valence-electron chi connectivity index (χ4n) is 2.50. The van der Waals surface area contributed by atoms with Crippen molar-refractivity contribution in [2.24, 2.45) is 5.73 Å². The molecule has 0 aliphatic heterocycles. The standard InChI is InChI=1S/C17H21N3/c1-13-3-2-4-15(19-13)12-20(17-9-10-17)16-7-5-14(11-18)6-8-16/h2-8,17H,9-12,18H2,1H3. The van der Waals surface area contributed by atoms with Gasteiger partial charge in [0, 0.05) is 24.0 Å². The molecule has 1 aliphatic carbocycles. The van der Waals surface area contributed by atoms with Crippen LogP contribution in [-0.4, -0.2) is 11.0 Å². The Kier molecular flexibility index (Phi) is 3.70. The predicted octanol–water partition coefficient (Wildman–Crippen LogP) is 3.02. The van der Waals surface area contributed by atoms with Gasteiger partial charge in [-0.05, 0) is 49.6 Å². The van der Waals surface area contributed by atoms with Crippen molar-refractivity contribution in [3.05, 3.63) is 59.4 Å². The molecule has 0 bridgehead atoms. The minimum atomic E-state index is 0.600. The lowest BCUT2D eigenvalue weighted by molar-refractivity contribution is 0.773. The predicted molar refractivity (Wildman–Crippen MR) is 82.5 cm³/mol. The molecule has 1 heterocycles. The van der Waals surface area contributed by atoms with E-state index in [1.165, 1.54) is 24.1 Å². The van der Waals surface area contributed by atoms with Crippen LogP contribution in [0.25, 0.3) is 0 Å². The van der Waals surface area contributed by atoms with Gasteiger partial charge in [-0.15, -0.1) is 0 Å². The van der Waals surface area contributed by atoms with Crippen LogP contribution < -0.4 is 10.6 Å². The van der Waals surface area contributed by atoms with Crippen molar-refractivity contribution in [3.8, 4) is 0 Å². The van der Waals surface area contributed by atoms with Crippen LogP contribution in [0.2, 0.25) is 0 Å². The maximum atomic E-state index is 5.66. The van der Waals surface area contributed by atoms with E-state index in [1.807, 2.05) is 13.0 Å². The Morgan fingerprint density at radius 1 is 1.15 bits per heavy atom. The monoisotopic (exact) mass is 267 g/mol. The lowest BCUT2D eigenvalue weighted by Gasteiger charge is -2.24. The lowest BCUT2D eigenvalue weighted by atomic mass is 10.2. The third-order valence-corrected chi connectivity index (χ3v) is 3.77. The summed E-state index contributed by atoms with van der Waals surface area (Å²) >= 11 is 0. The second-order valence-electron chi connectivity index (χ2n) is 5.50. The highest BCUT2D eigenvalue weighted by molar-refractivity contribution is 5.50. The normalized spacial score (nSPS) is 14.3. The van der Waals surface area contributed by atoms with Crippen molar-refractivity contribution in [2.45, 2.75) is 38.9 Å². The summed E-state index contributed by atoms with van der Waals surface area (Å²) in [4.78, 5) is 7.08. The maximum absolute atomic E-state index is 5.66. The minimum absolute atomic E-state index is 0.600. The van der Waals surface area contributed by atoms with Gasteiger partial charge in [0.2, 0.25) is 0 Å². The summed E-state index contributed by atoms with van der Waals surface area (Å²) in [6.07, 6.45) is 2.56. The third kappa shape index (κ3) is 2.99. The van der Waals surface area contributed by atoms with E-state index in [9.17, 15) is 0 Å². The second-order valence-corrected chi connectivity index (χ2v) is 5.50. The Morgan fingerprint density at radius 2 is 1.90 bits per heavy atom. The fourth-order valence-corrected chi connectivity index (χ4v) is 2.50. The molecule has 3 nitrogen and oxygen atoms in total. The Bertz CT molecular complexity index is 573. The summed E-state index contributed by atoms with van der Waals surface area (Å²) in [6, 6.07) is 15.5. The minimum Gasteiger partial charge on any atom is -0.363 e. The van der Waals surface area contributed by atoms with Crippen LogP contribution in [0.3, 0.4) is 0 Å². The van der Waals surface area contributed by atoms with Gasteiger partial charge in [-0.3, -0.25) is 4.98 Å². The molecule has 1 aromatic heterocycles. The molecule has 2 aromatic rings. The number of rotatable bonds is 5. The SMILES string of the molecule is Cc1cccc(CN(c2ccc(CN)cc2)C2CC2)n1. The molecule has 0 saturated heterocycles. The fraction of sp³-hybridized carbons (Fsp3) is 0.353. The van der Waals surface area contributed by atoms with Gasteiger partial charge >= 0.3 is 0 Å². The zero-order valence-corrected chi connectivity index (χ0v) is 11.9. The molecule has 1 aliphatic rings. The molecule has 1 aromatic carbocycles. The van der Waals surface area contributed by atoms with E-state index in [0.717, 1.165) is 17.9 Å². The van der Waals surface area contributed by atoms with E-state index in [0.29, 0.717) is 12.6 Å². The number of anilines is 1. The molecule has 104 valence electrons. The van der Waals surface area contributed by atoms with Gasteiger partial charge in [-0.25, -0.2) is 0 Å². The average molecular weight is 267 g/mol. The molecular formula is C17H21N3. The molecule has 0 radical (unpaired) electrons. The number of benzene rings is 1. The largest absolute Gasteiger partial charge is 0.363 e. The number of pyridine rings is 1. The van der Waals surface area contributed by atoms with Crippen LogP contribution in [-0.2, 0) is 13.1 Å². The molecule has 2 N–H and O–H groups in total. The van der Waals surface area contributed by atoms with Gasteiger partial charge in [0.15, 0.2) is 0 Å². The van der Waals surface area contributed by atoms with Gasteiger partial charge in [-0.1, -0.05) is 18.2 Å². The van der Waals surface area contributed by atoms with E-state index in [2.05, 4.69) is 46.3 Å². The number of nitrogens with zero attached hydrogens (tertiary/aromatic N) is 2. The highest BCUT2D eigenvalue weighted by Crippen LogP contribution is 2.33. The first-order chi connectivity index (χ1) is 9.76. The van der Waals surface area contributed by atoms with Crippen molar-refractivity contribution >= 4 is 5.69 Å². The summed E-state index contributed by atoms with van der Waals surface area (Å²) in [5.74, 6) is 0. The van der Waals surface area contributed by atoms with E-state index in [1.54, 1.807) is 0 Å². The average Bonchev–Trinajstić information content (AvgIpc) is 3.30. The van der Waals surface area contributed by atoms with Gasteiger partial charge < -0.3 is 10.6 Å². The van der Waals surface area contributed by atoms with Gasteiger partial charge in [0.05, 0.1) is 12.2 Å². The van der Waals surface area contributed by atoms with Gasteiger partial charge in [-0.2, -0.15) is 0 Å². The number of aryl methyl sites for hydroxylation is 1. The molecule has 1 saturated carbocycles. The van der Waals surface area contributed by atoms with E-state index in [-0.39, 0.29) is 0 Å². The maximum Gasteiger partial charge on any atom is 0.0605 e. The quantitative estimate of drug-likeness (QED) is 0.905. The van der Waals surface area contributed by atoms with E-state index < -0.39 is 0 Å². The first kappa shape index (κ1) is 13.1. The van der Waals surface area contributed by atoms with Gasteiger partial charge in [0.25, 0.3) is 0 Å². The summed E-state index contributed by atoms with van der Waals surface area (Å²) in [5.41, 5.74) is 10.3. The topological polar surface area (TPSA) is 42.1 Å². The molecule has 0 unspecified atom stereocenters. The lowest BCUT2D eigenvalue weighted by Crippen LogP contribution is -2.25. The smallest absolute Gasteiger partial charge is 0.0605 e. The number of hydrogen-bond acceptors (Lipinski definition) is 3. The van der Waals surface area contributed by atoms with Crippen LogP contribution in [0.4, 0.5) is 5.69 Å². The summed E-state index contributed by atoms with van der Waals surface area (Å²) in [7, 11) is 0. The summed E-state index contributed by atoms with van der Waals surface area (Å²) in [5, 5.41) is 0. The molecule has 0 spiro atoms. The first-order valence-corrected chi connectivity index (χ1v) is 7.24. The summed E-state index contributed by atoms with van der Waals surface area (Å²) in [6.45, 7) is 3.53. The van der Waals surface area contributed by atoms with Crippen molar-refractivity contribution in [1.82, 2.24) is 4.98 Å². The Balaban J connectivity index is 1.81. The highest BCUT2D eigenvalue weighted by atomic mass is 15.2. The van der Waals surface area contributed by atoms with E-state index in [4.69, 9.17) is 5.73 Å². The van der Waals surface area contributed by atoms with Crippen molar-refractivity contribution in [2.75, 3.05) is 4.90 Å². The van der Waals surface area contributed by atoms with Crippen LogP contribution in [0, 0.1) is 6.92 Å². The molecular weight excluding hydrogens is 246 g/mol. The highest BCUT2D eigenvalue weighted by Gasteiger charge is 2.29. The molecule has 0 amide bonds. The third-order valence-electron chi connectivity index (χ3n) is 3.77. The van der Waals surface area contributed by atoms with Crippen LogP contribution in [0.5, 0.6) is 0 Å². The molecule has 0 atom stereocenters. The van der Waals surface area contributed by atoms with Gasteiger partial charge in [0.1, 0.15) is 0 Å². The molecule has 3 rings (SSSR count). The van der Waals surface area contributed by atoms with Crippen molar-refractivity contribution in [1.29, 1.82) is 0 Å². The zero-order chi connectivity index (χ0) is 13.9. The number of aromatic nitrogens is 1. The van der Waals surface area contributed by atoms with Crippen LogP contribution >= 0.6 is 0 Å².